The van der Waals surface area contributed by atoms with E-state index in [0.717, 1.165) is 25.9 Å². The third kappa shape index (κ3) is 3.55. The average molecular weight is 260 g/mol. The monoisotopic (exact) mass is 260 g/mol. The van der Waals surface area contributed by atoms with Gasteiger partial charge in [0.05, 0.1) is 6.61 Å². The lowest BCUT2D eigenvalue weighted by atomic mass is 10.2. The Bertz CT molecular complexity index is 431. The Morgan fingerprint density at radius 3 is 2.84 bits per heavy atom. The molecule has 1 aliphatic heterocycles. The SMILES string of the molecule is O=C(NC1CC1)C1CN(Cc2ccccc2)CCO1. The number of benzene rings is 1. The van der Waals surface area contributed by atoms with E-state index in [-0.39, 0.29) is 12.0 Å². The molecule has 19 heavy (non-hydrogen) atoms. The minimum absolute atomic E-state index is 0.0558. The van der Waals surface area contributed by atoms with Crippen LogP contribution in [0.5, 0.6) is 0 Å². The lowest BCUT2D eigenvalue weighted by Gasteiger charge is -2.32. The van der Waals surface area contributed by atoms with Gasteiger partial charge >= 0.3 is 0 Å². The molecule has 1 atom stereocenters. The molecule has 2 fully saturated rings. The third-order valence-electron chi connectivity index (χ3n) is 3.62. The van der Waals surface area contributed by atoms with Crippen molar-refractivity contribution < 1.29 is 9.53 Å². The summed E-state index contributed by atoms with van der Waals surface area (Å²) in [5, 5.41) is 3.02. The van der Waals surface area contributed by atoms with Crippen LogP contribution in [0, 0.1) is 0 Å². The number of morpholine rings is 1. The molecule has 0 aromatic heterocycles. The van der Waals surface area contributed by atoms with Crippen LogP contribution in [-0.4, -0.2) is 42.6 Å². The molecule has 4 heteroatoms. The number of hydrogen-bond donors (Lipinski definition) is 1. The number of carbonyl (C=O) groups is 1. The molecule has 1 heterocycles. The van der Waals surface area contributed by atoms with Gasteiger partial charge in [-0.15, -0.1) is 0 Å². The number of nitrogens with one attached hydrogen (secondary N) is 1. The molecule has 1 saturated heterocycles. The van der Waals surface area contributed by atoms with E-state index in [1.54, 1.807) is 0 Å². The first-order chi connectivity index (χ1) is 9.31. The van der Waals surface area contributed by atoms with Gasteiger partial charge in [0, 0.05) is 25.7 Å². The van der Waals surface area contributed by atoms with Crippen LogP contribution in [0.3, 0.4) is 0 Å². The number of nitrogens with zero attached hydrogens (tertiary/aromatic N) is 1. The molecule has 102 valence electrons. The Morgan fingerprint density at radius 2 is 2.11 bits per heavy atom. The van der Waals surface area contributed by atoms with Crippen molar-refractivity contribution in [3.63, 3.8) is 0 Å². The fraction of sp³-hybridized carbons (Fsp3) is 0.533. The highest BCUT2D eigenvalue weighted by atomic mass is 16.5. The van der Waals surface area contributed by atoms with Crippen molar-refractivity contribution in [3.05, 3.63) is 35.9 Å². The number of carbonyl (C=O) groups excluding carboxylic acids is 1. The predicted octanol–water partition coefficient (Wildman–Crippen LogP) is 1.17. The highest BCUT2D eigenvalue weighted by Gasteiger charge is 2.31. The molecule has 1 aliphatic carbocycles. The Kier molecular flexibility index (Phi) is 3.80. The van der Waals surface area contributed by atoms with E-state index >= 15 is 0 Å². The van der Waals surface area contributed by atoms with Crippen molar-refractivity contribution in [3.8, 4) is 0 Å². The summed E-state index contributed by atoms with van der Waals surface area (Å²) >= 11 is 0. The summed E-state index contributed by atoms with van der Waals surface area (Å²) < 4.78 is 5.58. The summed E-state index contributed by atoms with van der Waals surface area (Å²) in [5.74, 6) is 0.0558. The van der Waals surface area contributed by atoms with Gasteiger partial charge in [-0.1, -0.05) is 30.3 Å². The first kappa shape index (κ1) is 12.6. The van der Waals surface area contributed by atoms with Crippen molar-refractivity contribution in [2.75, 3.05) is 19.7 Å². The van der Waals surface area contributed by atoms with Crippen LogP contribution in [0.4, 0.5) is 0 Å². The molecule has 1 N–H and O–H groups in total. The van der Waals surface area contributed by atoms with E-state index in [0.29, 0.717) is 19.2 Å². The van der Waals surface area contributed by atoms with Crippen LogP contribution >= 0.6 is 0 Å². The third-order valence-corrected chi connectivity index (χ3v) is 3.62. The molecule has 0 radical (unpaired) electrons. The standard InChI is InChI=1S/C15H20N2O2/c18-15(16-13-6-7-13)14-11-17(8-9-19-14)10-12-4-2-1-3-5-12/h1-5,13-14H,6-11H2,(H,16,18). The highest BCUT2D eigenvalue weighted by Crippen LogP contribution is 2.19. The van der Waals surface area contributed by atoms with Crippen molar-refractivity contribution in [1.29, 1.82) is 0 Å². The fourth-order valence-electron chi connectivity index (χ4n) is 2.37. The quantitative estimate of drug-likeness (QED) is 0.883. The average Bonchev–Trinajstić information content (AvgIpc) is 3.24. The second-order valence-electron chi connectivity index (χ2n) is 5.36. The summed E-state index contributed by atoms with van der Waals surface area (Å²) in [4.78, 5) is 14.3. The Hall–Kier alpha value is -1.39. The number of rotatable bonds is 4. The zero-order chi connectivity index (χ0) is 13.1. The van der Waals surface area contributed by atoms with Gasteiger partial charge in [-0.25, -0.2) is 0 Å². The lowest BCUT2D eigenvalue weighted by molar-refractivity contribution is -0.138. The van der Waals surface area contributed by atoms with Gasteiger partial charge in [0.15, 0.2) is 0 Å². The minimum atomic E-state index is -0.307. The van der Waals surface area contributed by atoms with Crippen molar-refractivity contribution >= 4 is 5.91 Å². The van der Waals surface area contributed by atoms with Gasteiger partial charge in [0.25, 0.3) is 5.91 Å². The van der Waals surface area contributed by atoms with E-state index in [1.807, 2.05) is 18.2 Å². The topological polar surface area (TPSA) is 41.6 Å². The smallest absolute Gasteiger partial charge is 0.250 e. The van der Waals surface area contributed by atoms with Gasteiger partial charge in [-0.3, -0.25) is 9.69 Å². The summed E-state index contributed by atoms with van der Waals surface area (Å²) in [7, 11) is 0. The maximum Gasteiger partial charge on any atom is 0.250 e. The highest BCUT2D eigenvalue weighted by molar-refractivity contribution is 5.81. The summed E-state index contributed by atoms with van der Waals surface area (Å²) in [5.41, 5.74) is 1.28. The zero-order valence-corrected chi connectivity index (χ0v) is 11.0. The first-order valence-corrected chi connectivity index (χ1v) is 6.99. The zero-order valence-electron chi connectivity index (χ0n) is 11.0. The molecule has 1 saturated carbocycles. The summed E-state index contributed by atoms with van der Waals surface area (Å²) in [6, 6.07) is 10.8. The maximum atomic E-state index is 12.0. The molecule has 1 unspecified atom stereocenters. The molecule has 1 aromatic carbocycles. The van der Waals surface area contributed by atoms with Gasteiger partial charge in [0.2, 0.25) is 0 Å². The molecule has 3 rings (SSSR count). The normalized spacial score (nSPS) is 24.1. The molecule has 4 nitrogen and oxygen atoms in total. The molecule has 1 amide bonds. The lowest BCUT2D eigenvalue weighted by Crippen LogP contribution is -2.49. The van der Waals surface area contributed by atoms with Crippen LogP contribution in [-0.2, 0) is 16.1 Å². The summed E-state index contributed by atoms with van der Waals surface area (Å²) in [6.45, 7) is 3.10. The fourth-order valence-corrected chi connectivity index (χ4v) is 2.37. The van der Waals surface area contributed by atoms with E-state index in [9.17, 15) is 4.79 Å². The van der Waals surface area contributed by atoms with Crippen molar-refractivity contribution in [2.24, 2.45) is 0 Å². The van der Waals surface area contributed by atoms with Crippen molar-refractivity contribution in [2.45, 2.75) is 31.5 Å². The van der Waals surface area contributed by atoms with Gasteiger partial charge < -0.3 is 10.1 Å². The second-order valence-corrected chi connectivity index (χ2v) is 5.36. The molecule has 1 aromatic rings. The Morgan fingerprint density at radius 1 is 1.32 bits per heavy atom. The van der Waals surface area contributed by atoms with Gasteiger partial charge in [0.1, 0.15) is 6.10 Å². The van der Waals surface area contributed by atoms with E-state index in [4.69, 9.17) is 4.74 Å². The van der Waals surface area contributed by atoms with Crippen LogP contribution in [0.1, 0.15) is 18.4 Å². The molecular formula is C15H20N2O2. The van der Waals surface area contributed by atoms with Crippen LogP contribution in [0.15, 0.2) is 30.3 Å². The van der Waals surface area contributed by atoms with E-state index in [1.165, 1.54) is 5.56 Å². The van der Waals surface area contributed by atoms with E-state index in [2.05, 4.69) is 22.3 Å². The number of hydrogen-bond acceptors (Lipinski definition) is 3. The second kappa shape index (κ2) is 5.72. The number of amides is 1. The number of ether oxygens (including phenoxy) is 1. The van der Waals surface area contributed by atoms with Crippen LogP contribution in [0.25, 0.3) is 0 Å². The van der Waals surface area contributed by atoms with Gasteiger partial charge in [-0.05, 0) is 18.4 Å². The molecular weight excluding hydrogens is 240 g/mol. The Balaban J connectivity index is 1.53. The first-order valence-electron chi connectivity index (χ1n) is 6.99. The van der Waals surface area contributed by atoms with Crippen LogP contribution in [0.2, 0.25) is 0 Å². The van der Waals surface area contributed by atoms with Gasteiger partial charge in [-0.2, -0.15) is 0 Å². The van der Waals surface area contributed by atoms with Crippen molar-refractivity contribution in [1.82, 2.24) is 10.2 Å². The largest absolute Gasteiger partial charge is 0.366 e. The molecule has 0 spiro atoms. The summed E-state index contributed by atoms with van der Waals surface area (Å²) in [6.07, 6.45) is 1.93. The van der Waals surface area contributed by atoms with Crippen LogP contribution < -0.4 is 5.32 Å². The van der Waals surface area contributed by atoms with E-state index < -0.39 is 0 Å². The molecule has 0 bridgehead atoms. The Labute approximate surface area is 113 Å². The molecule has 2 aliphatic rings. The minimum Gasteiger partial charge on any atom is -0.366 e. The maximum absolute atomic E-state index is 12.0. The predicted molar refractivity (Wildman–Crippen MR) is 72.6 cm³/mol.